The molecule has 21 heavy (non-hydrogen) atoms. The fourth-order valence-corrected chi connectivity index (χ4v) is 2.52. The SMILES string of the molecule is C(=NC1=Nc2cccc3cccc(c23)N1)c1ccccc1. The Balaban J connectivity index is 1.75. The lowest BCUT2D eigenvalue weighted by Crippen LogP contribution is -2.12. The van der Waals surface area contributed by atoms with E-state index in [2.05, 4.69) is 33.5 Å². The molecule has 0 bridgehead atoms. The Bertz CT molecular complexity index is 859. The van der Waals surface area contributed by atoms with E-state index in [0.717, 1.165) is 22.3 Å². The number of hydrogen-bond donors (Lipinski definition) is 1. The molecule has 0 spiro atoms. The molecule has 3 heteroatoms. The van der Waals surface area contributed by atoms with E-state index < -0.39 is 0 Å². The molecule has 1 heterocycles. The lowest BCUT2D eigenvalue weighted by atomic mass is 10.1. The van der Waals surface area contributed by atoms with Gasteiger partial charge in [0.2, 0.25) is 5.96 Å². The predicted octanol–water partition coefficient (Wildman–Crippen LogP) is 4.37. The van der Waals surface area contributed by atoms with E-state index in [1.807, 2.05) is 54.7 Å². The average Bonchev–Trinajstić information content (AvgIpc) is 2.54. The molecule has 3 aromatic rings. The summed E-state index contributed by atoms with van der Waals surface area (Å²) in [6.45, 7) is 0. The normalized spacial score (nSPS) is 13.2. The van der Waals surface area contributed by atoms with Gasteiger partial charge in [-0.1, -0.05) is 54.6 Å². The van der Waals surface area contributed by atoms with E-state index in [0.29, 0.717) is 5.96 Å². The van der Waals surface area contributed by atoms with Gasteiger partial charge in [-0.15, -0.1) is 0 Å². The third kappa shape index (κ3) is 2.19. The van der Waals surface area contributed by atoms with Gasteiger partial charge >= 0.3 is 0 Å². The number of rotatable bonds is 1. The smallest absolute Gasteiger partial charge is 0.227 e. The zero-order chi connectivity index (χ0) is 14.1. The van der Waals surface area contributed by atoms with Crippen LogP contribution in [0.1, 0.15) is 5.56 Å². The van der Waals surface area contributed by atoms with Crippen LogP contribution in [0, 0.1) is 0 Å². The Hall–Kier alpha value is -2.94. The van der Waals surface area contributed by atoms with E-state index in [4.69, 9.17) is 0 Å². The van der Waals surface area contributed by atoms with E-state index >= 15 is 0 Å². The summed E-state index contributed by atoms with van der Waals surface area (Å²) in [5.74, 6) is 0.616. The summed E-state index contributed by atoms with van der Waals surface area (Å²) in [5.41, 5.74) is 3.07. The molecule has 0 unspecified atom stereocenters. The second-order valence-corrected chi connectivity index (χ2v) is 4.91. The molecule has 1 aliphatic rings. The van der Waals surface area contributed by atoms with Gasteiger partial charge in [0.05, 0.1) is 11.4 Å². The van der Waals surface area contributed by atoms with Crippen molar-refractivity contribution in [1.82, 2.24) is 0 Å². The maximum Gasteiger partial charge on any atom is 0.227 e. The highest BCUT2D eigenvalue weighted by molar-refractivity contribution is 6.14. The van der Waals surface area contributed by atoms with Gasteiger partial charge in [0, 0.05) is 11.6 Å². The van der Waals surface area contributed by atoms with Gasteiger partial charge in [0.15, 0.2) is 0 Å². The molecule has 0 saturated carbocycles. The third-order valence-corrected chi connectivity index (χ3v) is 3.49. The third-order valence-electron chi connectivity index (χ3n) is 3.49. The van der Waals surface area contributed by atoms with Crippen molar-refractivity contribution in [2.75, 3.05) is 5.32 Å². The highest BCUT2D eigenvalue weighted by Gasteiger charge is 2.12. The minimum atomic E-state index is 0.616. The van der Waals surface area contributed by atoms with Crippen LogP contribution in [0.4, 0.5) is 11.4 Å². The van der Waals surface area contributed by atoms with Crippen LogP contribution in [0.15, 0.2) is 76.7 Å². The number of hydrogen-bond acceptors (Lipinski definition) is 3. The van der Waals surface area contributed by atoms with Crippen molar-refractivity contribution in [3.63, 3.8) is 0 Å². The van der Waals surface area contributed by atoms with Crippen molar-refractivity contribution in [2.24, 2.45) is 9.98 Å². The Morgan fingerprint density at radius 2 is 1.67 bits per heavy atom. The first-order chi connectivity index (χ1) is 10.4. The zero-order valence-corrected chi connectivity index (χ0v) is 11.3. The molecule has 3 aromatic carbocycles. The molecule has 1 aliphatic heterocycles. The summed E-state index contributed by atoms with van der Waals surface area (Å²) in [6, 6.07) is 22.3. The monoisotopic (exact) mass is 271 g/mol. The Kier molecular flexibility index (Phi) is 2.75. The molecule has 100 valence electrons. The summed E-state index contributed by atoms with van der Waals surface area (Å²) >= 11 is 0. The van der Waals surface area contributed by atoms with Crippen molar-refractivity contribution < 1.29 is 0 Å². The number of anilines is 1. The van der Waals surface area contributed by atoms with Crippen LogP contribution in [0.2, 0.25) is 0 Å². The summed E-state index contributed by atoms with van der Waals surface area (Å²) < 4.78 is 0. The van der Waals surface area contributed by atoms with Crippen molar-refractivity contribution in [2.45, 2.75) is 0 Å². The second kappa shape index (κ2) is 4.87. The highest BCUT2D eigenvalue weighted by atomic mass is 15.1. The van der Waals surface area contributed by atoms with Gasteiger partial charge in [-0.3, -0.25) is 0 Å². The summed E-state index contributed by atoms with van der Waals surface area (Å²) in [5, 5.41) is 5.62. The zero-order valence-electron chi connectivity index (χ0n) is 11.3. The van der Waals surface area contributed by atoms with Crippen LogP contribution in [-0.4, -0.2) is 12.2 Å². The first-order valence-electron chi connectivity index (χ1n) is 6.87. The van der Waals surface area contributed by atoms with Crippen LogP contribution in [0.5, 0.6) is 0 Å². The maximum atomic E-state index is 4.59. The maximum absolute atomic E-state index is 4.59. The number of aliphatic imine (C=N–C) groups is 2. The van der Waals surface area contributed by atoms with Crippen LogP contribution in [0.25, 0.3) is 10.8 Å². The number of benzene rings is 3. The van der Waals surface area contributed by atoms with E-state index in [9.17, 15) is 0 Å². The van der Waals surface area contributed by atoms with Crippen LogP contribution in [0.3, 0.4) is 0 Å². The minimum absolute atomic E-state index is 0.616. The van der Waals surface area contributed by atoms with E-state index in [1.165, 1.54) is 5.39 Å². The molecule has 0 atom stereocenters. The standard InChI is InChI=1S/C18H13N3/c1-2-6-13(7-3-1)12-19-18-20-15-10-4-8-14-9-5-11-16(21-18)17(14)15/h1-12H,(H,20,21). The summed E-state index contributed by atoms with van der Waals surface area (Å²) in [4.78, 5) is 9.04. The van der Waals surface area contributed by atoms with Gasteiger partial charge < -0.3 is 5.32 Å². The van der Waals surface area contributed by atoms with Crippen molar-refractivity contribution in [3.05, 3.63) is 72.3 Å². The first-order valence-corrected chi connectivity index (χ1v) is 6.87. The first kappa shape index (κ1) is 11.9. The molecular weight excluding hydrogens is 258 g/mol. The molecule has 0 aromatic heterocycles. The fourth-order valence-electron chi connectivity index (χ4n) is 2.52. The molecule has 4 rings (SSSR count). The molecule has 0 fully saturated rings. The largest absolute Gasteiger partial charge is 0.324 e. The molecule has 1 N–H and O–H groups in total. The fraction of sp³-hybridized carbons (Fsp3) is 0. The van der Waals surface area contributed by atoms with Gasteiger partial charge in [0.25, 0.3) is 0 Å². The number of nitrogens with one attached hydrogen (secondary N) is 1. The van der Waals surface area contributed by atoms with Gasteiger partial charge in [-0.2, -0.15) is 0 Å². The van der Waals surface area contributed by atoms with Gasteiger partial charge in [0.1, 0.15) is 0 Å². The van der Waals surface area contributed by atoms with E-state index in [1.54, 1.807) is 0 Å². The number of guanidine groups is 1. The molecule has 3 nitrogen and oxygen atoms in total. The minimum Gasteiger partial charge on any atom is -0.324 e. The Labute approximate surface area is 122 Å². The highest BCUT2D eigenvalue weighted by Crippen LogP contribution is 2.35. The molecule has 0 radical (unpaired) electrons. The van der Waals surface area contributed by atoms with Crippen LogP contribution >= 0.6 is 0 Å². The topological polar surface area (TPSA) is 36.8 Å². The molecule has 0 aliphatic carbocycles. The number of nitrogens with zero attached hydrogens (tertiary/aromatic N) is 2. The molecular formula is C18H13N3. The molecule has 0 amide bonds. The molecule has 0 saturated heterocycles. The van der Waals surface area contributed by atoms with Gasteiger partial charge in [-0.05, 0) is 23.1 Å². The van der Waals surface area contributed by atoms with Crippen LogP contribution in [-0.2, 0) is 0 Å². The van der Waals surface area contributed by atoms with E-state index in [-0.39, 0.29) is 0 Å². The van der Waals surface area contributed by atoms with Crippen LogP contribution < -0.4 is 5.32 Å². The summed E-state index contributed by atoms with van der Waals surface area (Å²) in [7, 11) is 0. The lowest BCUT2D eigenvalue weighted by Gasteiger charge is -2.16. The summed E-state index contributed by atoms with van der Waals surface area (Å²) in [6.07, 6.45) is 1.82. The Morgan fingerprint density at radius 3 is 2.52 bits per heavy atom. The van der Waals surface area contributed by atoms with Crippen molar-refractivity contribution in [1.29, 1.82) is 0 Å². The van der Waals surface area contributed by atoms with Crippen molar-refractivity contribution >= 4 is 34.3 Å². The quantitative estimate of drug-likeness (QED) is 0.655. The van der Waals surface area contributed by atoms with Crippen molar-refractivity contribution in [3.8, 4) is 0 Å². The van der Waals surface area contributed by atoms with Gasteiger partial charge in [-0.25, -0.2) is 9.98 Å². The average molecular weight is 271 g/mol. The Morgan fingerprint density at radius 1 is 0.857 bits per heavy atom. The second-order valence-electron chi connectivity index (χ2n) is 4.91. The lowest BCUT2D eigenvalue weighted by molar-refractivity contribution is 1.43. The predicted molar refractivity (Wildman–Crippen MR) is 88.7 cm³/mol.